The largest absolute Gasteiger partial charge is 0.503 e. The van der Waals surface area contributed by atoms with Gasteiger partial charge in [0.05, 0.1) is 17.9 Å². The summed E-state index contributed by atoms with van der Waals surface area (Å²) in [7, 11) is 0. The van der Waals surface area contributed by atoms with E-state index in [0.717, 1.165) is 5.56 Å². The normalized spacial score (nSPS) is 16.7. The number of pyridine rings is 1. The third-order valence-corrected chi connectivity index (χ3v) is 4.81. The molecule has 4 rings (SSSR count). The maximum atomic E-state index is 13.0. The number of amides is 1. The first kappa shape index (κ1) is 18.0. The van der Waals surface area contributed by atoms with E-state index in [1.807, 2.05) is 6.07 Å². The zero-order chi connectivity index (χ0) is 19.7. The van der Waals surface area contributed by atoms with Crippen LogP contribution in [0.15, 0.2) is 82.9 Å². The number of aliphatic hydroxyl groups is 1. The number of carbonyl (C=O) groups is 2. The van der Waals surface area contributed by atoms with Crippen LogP contribution in [-0.2, 0) is 11.3 Å². The first-order chi connectivity index (χ1) is 13.6. The van der Waals surface area contributed by atoms with Gasteiger partial charge in [-0.1, -0.05) is 29.8 Å². The summed E-state index contributed by atoms with van der Waals surface area (Å²) in [6.07, 6.45) is 4.63. The molecule has 0 radical (unpaired) electrons. The van der Waals surface area contributed by atoms with Crippen molar-refractivity contribution in [1.29, 1.82) is 0 Å². The molecule has 1 unspecified atom stereocenters. The number of benzene rings is 1. The van der Waals surface area contributed by atoms with Crippen LogP contribution in [0.3, 0.4) is 0 Å². The number of aromatic nitrogens is 1. The molecule has 1 aliphatic heterocycles. The number of ketones is 1. The van der Waals surface area contributed by atoms with E-state index >= 15 is 0 Å². The molecule has 6 nitrogen and oxygen atoms in total. The number of halogens is 1. The van der Waals surface area contributed by atoms with Crippen LogP contribution in [0.2, 0.25) is 5.02 Å². The van der Waals surface area contributed by atoms with Crippen molar-refractivity contribution >= 4 is 23.3 Å². The maximum absolute atomic E-state index is 13.0. The van der Waals surface area contributed by atoms with Gasteiger partial charge in [-0.2, -0.15) is 0 Å². The average Bonchev–Trinajstić information content (AvgIpc) is 3.33. The molecule has 1 aromatic carbocycles. The quantitative estimate of drug-likeness (QED) is 0.658. The summed E-state index contributed by atoms with van der Waals surface area (Å²) in [4.78, 5) is 31.3. The van der Waals surface area contributed by atoms with Crippen LogP contribution in [-0.4, -0.2) is 26.7 Å². The molecule has 1 aliphatic rings. The van der Waals surface area contributed by atoms with Crippen LogP contribution in [0.25, 0.3) is 0 Å². The van der Waals surface area contributed by atoms with Crippen molar-refractivity contribution in [2.45, 2.75) is 12.6 Å². The van der Waals surface area contributed by atoms with Crippen molar-refractivity contribution in [2.75, 3.05) is 0 Å². The summed E-state index contributed by atoms with van der Waals surface area (Å²) < 4.78 is 5.19. The highest BCUT2D eigenvalue weighted by Crippen LogP contribution is 2.40. The molecule has 28 heavy (non-hydrogen) atoms. The molecule has 140 valence electrons. The molecule has 1 amide bonds. The zero-order valence-electron chi connectivity index (χ0n) is 14.6. The summed E-state index contributed by atoms with van der Waals surface area (Å²) in [5.74, 6) is -1.69. The van der Waals surface area contributed by atoms with Crippen LogP contribution in [0.4, 0.5) is 0 Å². The fraction of sp³-hybridized carbons (Fsp3) is 0.0952. The van der Waals surface area contributed by atoms with Crippen LogP contribution in [0.1, 0.15) is 27.7 Å². The number of carbonyl (C=O) groups excluding carboxylic acids is 2. The second-order valence-electron chi connectivity index (χ2n) is 6.32. The van der Waals surface area contributed by atoms with Gasteiger partial charge in [0.25, 0.3) is 5.91 Å². The van der Waals surface area contributed by atoms with Crippen molar-refractivity contribution in [3.63, 3.8) is 0 Å². The first-order valence-electron chi connectivity index (χ1n) is 8.53. The first-order valence-corrected chi connectivity index (χ1v) is 8.90. The van der Waals surface area contributed by atoms with Crippen LogP contribution in [0, 0.1) is 0 Å². The third-order valence-electron chi connectivity index (χ3n) is 4.55. The van der Waals surface area contributed by atoms with Gasteiger partial charge in [0, 0.05) is 24.0 Å². The number of aliphatic hydroxyl groups excluding tert-OH is 1. The molecule has 1 atom stereocenters. The molecule has 0 bridgehead atoms. The minimum absolute atomic E-state index is 0.0221. The molecule has 0 fully saturated rings. The number of furan rings is 1. The lowest BCUT2D eigenvalue weighted by Crippen LogP contribution is -2.30. The van der Waals surface area contributed by atoms with Gasteiger partial charge in [0.15, 0.2) is 11.5 Å². The number of hydrogen-bond donors (Lipinski definition) is 1. The number of Topliss-reactive ketones (excluding diaryl/α,β-unsaturated/α-hetero) is 1. The van der Waals surface area contributed by atoms with Gasteiger partial charge in [-0.25, -0.2) is 0 Å². The lowest BCUT2D eigenvalue weighted by Gasteiger charge is -2.26. The van der Waals surface area contributed by atoms with Crippen LogP contribution >= 0.6 is 11.6 Å². The second-order valence-corrected chi connectivity index (χ2v) is 6.75. The van der Waals surface area contributed by atoms with Gasteiger partial charge in [-0.3, -0.25) is 14.6 Å². The smallest absolute Gasteiger partial charge is 0.290 e. The molecule has 0 saturated carbocycles. The monoisotopic (exact) mass is 394 g/mol. The Morgan fingerprint density at radius 1 is 1.18 bits per heavy atom. The van der Waals surface area contributed by atoms with E-state index in [2.05, 4.69) is 4.98 Å². The molecule has 7 heteroatoms. The van der Waals surface area contributed by atoms with Crippen molar-refractivity contribution in [3.05, 3.63) is 100 Å². The Morgan fingerprint density at radius 2 is 1.96 bits per heavy atom. The van der Waals surface area contributed by atoms with Gasteiger partial charge in [0.1, 0.15) is 0 Å². The molecular formula is C21H15ClN2O4. The Labute approximate surface area is 165 Å². The van der Waals surface area contributed by atoms with Crippen molar-refractivity contribution in [2.24, 2.45) is 0 Å². The fourth-order valence-corrected chi connectivity index (χ4v) is 3.40. The molecule has 0 spiro atoms. The molecule has 3 aromatic rings. The molecule has 0 aliphatic carbocycles. The van der Waals surface area contributed by atoms with Gasteiger partial charge >= 0.3 is 0 Å². The van der Waals surface area contributed by atoms with E-state index in [0.29, 0.717) is 10.6 Å². The van der Waals surface area contributed by atoms with Crippen molar-refractivity contribution in [3.8, 4) is 0 Å². The van der Waals surface area contributed by atoms with E-state index in [9.17, 15) is 14.7 Å². The van der Waals surface area contributed by atoms with E-state index in [1.54, 1.807) is 48.8 Å². The molecular weight excluding hydrogens is 380 g/mol. The lowest BCUT2D eigenvalue weighted by atomic mass is 9.95. The summed E-state index contributed by atoms with van der Waals surface area (Å²) >= 11 is 5.99. The highest BCUT2D eigenvalue weighted by atomic mass is 35.5. The van der Waals surface area contributed by atoms with E-state index in [1.165, 1.54) is 17.2 Å². The standard InChI is InChI=1S/C21H15ClN2O4/c22-15-7-5-14(6-8-15)18-17(19(25)16-4-2-10-28-16)20(26)21(27)24(18)12-13-3-1-9-23-11-13/h1-11,18,26H,12H2. The van der Waals surface area contributed by atoms with E-state index in [4.69, 9.17) is 16.0 Å². The Morgan fingerprint density at radius 3 is 2.61 bits per heavy atom. The highest BCUT2D eigenvalue weighted by Gasteiger charge is 2.44. The van der Waals surface area contributed by atoms with Crippen LogP contribution in [0.5, 0.6) is 0 Å². The average molecular weight is 395 g/mol. The van der Waals surface area contributed by atoms with E-state index in [-0.39, 0.29) is 17.9 Å². The second kappa shape index (κ2) is 7.32. The number of hydrogen-bond acceptors (Lipinski definition) is 5. The fourth-order valence-electron chi connectivity index (χ4n) is 3.27. The summed E-state index contributed by atoms with van der Waals surface area (Å²) in [5.41, 5.74) is 1.40. The zero-order valence-corrected chi connectivity index (χ0v) is 15.3. The van der Waals surface area contributed by atoms with Crippen molar-refractivity contribution < 1.29 is 19.1 Å². The molecule has 3 heterocycles. The topological polar surface area (TPSA) is 83.6 Å². The molecule has 2 aromatic heterocycles. The van der Waals surface area contributed by atoms with E-state index < -0.39 is 23.5 Å². The Bertz CT molecular complexity index is 1040. The van der Waals surface area contributed by atoms with Gasteiger partial charge in [0.2, 0.25) is 5.78 Å². The predicted molar refractivity (Wildman–Crippen MR) is 102 cm³/mol. The van der Waals surface area contributed by atoms with Gasteiger partial charge in [-0.15, -0.1) is 0 Å². The summed E-state index contributed by atoms with van der Waals surface area (Å²) in [6, 6.07) is 12.7. The van der Waals surface area contributed by atoms with Gasteiger partial charge in [-0.05, 0) is 41.5 Å². The highest BCUT2D eigenvalue weighted by molar-refractivity contribution is 6.30. The summed E-state index contributed by atoms with van der Waals surface area (Å²) in [6.45, 7) is 0.180. The Balaban J connectivity index is 1.79. The van der Waals surface area contributed by atoms with Crippen LogP contribution < -0.4 is 0 Å². The predicted octanol–water partition coefficient (Wildman–Crippen LogP) is 4.11. The third kappa shape index (κ3) is 3.18. The maximum Gasteiger partial charge on any atom is 0.290 e. The minimum Gasteiger partial charge on any atom is -0.503 e. The number of nitrogens with zero attached hydrogens (tertiary/aromatic N) is 2. The number of rotatable bonds is 5. The molecule has 0 saturated heterocycles. The SMILES string of the molecule is O=C(C1=C(O)C(=O)N(Cc2cccnc2)C1c1ccc(Cl)cc1)c1ccco1. The Kier molecular flexibility index (Phi) is 4.71. The summed E-state index contributed by atoms with van der Waals surface area (Å²) in [5, 5.41) is 11.1. The lowest BCUT2D eigenvalue weighted by molar-refractivity contribution is -0.130. The van der Waals surface area contributed by atoms with Gasteiger partial charge < -0.3 is 14.4 Å². The Hall–Kier alpha value is -3.38. The molecule has 1 N–H and O–H groups in total. The minimum atomic E-state index is -0.775. The van der Waals surface area contributed by atoms with Crippen molar-refractivity contribution in [1.82, 2.24) is 9.88 Å².